The number of anilines is 2. The number of pyridine rings is 1. The molecule has 0 atom stereocenters. The molecule has 2 heterocycles. The summed E-state index contributed by atoms with van der Waals surface area (Å²) in [5.74, 6) is 0.665. The molecule has 29 heavy (non-hydrogen) atoms. The first-order valence-corrected chi connectivity index (χ1v) is 10.4. The molecule has 1 N–H and O–H groups in total. The van der Waals surface area contributed by atoms with E-state index in [9.17, 15) is 13.2 Å². The van der Waals surface area contributed by atoms with Crippen molar-refractivity contribution in [3.8, 4) is 11.5 Å². The number of hydrogen-bond donors (Lipinski definition) is 1. The number of aromatic nitrogens is 1. The quantitative estimate of drug-likeness (QED) is 0.709. The van der Waals surface area contributed by atoms with Crippen molar-refractivity contribution in [3.63, 3.8) is 0 Å². The Morgan fingerprint density at radius 3 is 2.62 bits per heavy atom. The molecule has 0 fully saturated rings. The second-order valence-corrected chi connectivity index (χ2v) is 8.56. The maximum absolute atomic E-state index is 13.0. The van der Waals surface area contributed by atoms with Gasteiger partial charge in [0.2, 0.25) is 0 Å². The van der Waals surface area contributed by atoms with E-state index >= 15 is 0 Å². The molecule has 4 rings (SSSR count). The standard InChI is InChI=1S/C21H19N3O4S/c1-13-6-7-14(2)17(11-13)23-29(26,27)15-8-9-18-16(12-15)21(25)24(3)20-19(28-18)5-4-10-22-20/h4-12,23H,1-3H3. The average Bonchev–Trinajstić information content (AvgIpc) is 2.79. The second kappa shape index (κ2) is 6.89. The summed E-state index contributed by atoms with van der Waals surface area (Å²) in [4.78, 5) is 18.4. The topological polar surface area (TPSA) is 88.6 Å². The molecule has 0 bridgehead atoms. The summed E-state index contributed by atoms with van der Waals surface area (Å²) in [6, 6.07) is 13.2. The molecule has 1 aliphatic rings. The third-order valence-electron chi connectivity index (χ3n) is 4.72. The first kappa shape index (κ1) is 18.9. The second-order valence-electron chi connectivity index (χ2n) is 6.87. The molecule has 0 aliphatic carbocycles. The Labute approximate surface area is 169 Å². The zero-order valence-electron chi connectivity index (χ0n) is 16.1. The third kappa shape index (κ3) is 3.42. The minimum Gasteiger partial charge on any atom is -0.453 e. The maximum atomic E-state index is 13.0. The van der Waals surface area contributed by atoms with Crippen LogP contribution in [0.1, 0.15) is 21.5 Å². The van der Waals surface area contributed by atoms with Crippen LogP contribution in [-0.2, 0) is 10.0 Å². The zero-order chi connectivity index (χ0) is 20.8. The molecule has 148 valence electrons. The zero-order valence-corrected chi connectivity index (χ0v) is 16.9. The molecule has 3 aromatic rings. The van der Waals surface area contributed by atoms with Gasteiger partial charge in [-0.1, -0.05) is 12.1 Å². The van der Waals surface area contributed by atoms with Gasteiger partial charge in [0.05, 0.1) is 16.1 Å². The van der Waals surface area contributed by atoms with Crippen LogP contribution in [-0.4, -0.2) is 26.4 Å². The van der Waals surface area contributed by atoms with E-state index in [4.69, 9.17) is 4.74 Å². The largest absolute Gasteiger partial charge is 0.453 e. The fourth-order valence-electron chi connectivity index (χ4n) is 3.09. The summed E-state index contributed by atoms with van der Waals surface area (Å²) in [5, 5.41) is 0. The van der Waals surface area contributed by atoms with Crippen molar-refractivity contribution in [2.45, 2.75) is 18.7 Å². The summed E-state index contributed by atoms with van der Waals surface area (Å²) in [7, 11) is -2.33. The first-order chi connectivity index (χ1) is 13.8. The van der Waals surface area contributed by atoms with Crippen molar-refractivity contribution >= 4 is 27.4 Å². The Balaban J connectivity index is 1.75. The van der Waals surface area contributed by atoms with Crippen LogP contribution in [0.15, 0.2) is 59.6 Å². The number of sulfonamides is 1. The van der Waals surface area contributed by atoms with Gasteiger partial charge in [0, 0.05) is 13.2 Å². The number of carbonyl (C=O) groups excluding carboxylic acids is 1. The van der Waals surface area contributed by atoms with E-state index in [-0.39, 0.29) is 16.2 Å². The molecule has 1 aromatic heterocycles. The molecule has 7 nitrogen and oxygen atoms in total. The van der Waals surface area contributed by atoms with Gasteiger partial charge in [-0.25, -0.2) is 13.4 Å². The Morgan fingerprint density at radius 1 is 1.03 bits per heavy atom. The van der Waals surface area contributed by atoms with E-state index < -0.39 is 15.9 Å². The van der Waals surface area contributed by atoms with Crippen LogP contribution >= 0.6 is 0 Å². The number of nitrogens with one attached hydrogen (secondary N) is 1. The Kier molecular flexibility index (Phi) is 4.50. The molecule has 0 saturated heterocycles. The lowest BCUT2D eigenvalue weighted by Gasteiger charge is -2.15. The lowest BCUT2D eigenvalue weighted by atomic mass is 10.1. The van der Waals surface area contributed by atoms with Crippen molar-refractivity contribution in [1.29, 1.82) is 0 Å². The SMILES string of the molecule is Cc1ccc(C)c(NS(=O)(=O)c2ccc3c(c2)C(=O)N(C)c2ncccc2O3)c1. The number of nitrogens with zero attached hydrogens (tertiary/aromatic N) is 2. The predicted octanol–water partition coefficient (Wildman–Crippen LogP) is 3.88. The maximum Gasteiger partial charge on any atom is 0.263 e. The summed E-state index contributed by atoms with van der Waals surface area (Å²) in [5.41, 5.74) is 2.38. The summed E-state index contributed by atoms with van der Waals surface area (Å²) in [6.07, 6.45) is 1.56. The van der Waals surface area contributed by atoms with Gasteiger partial charge in [0.25, 0.3) is 15.9 Å². The number of hydrogen-bond acceptors (Lipinski definition) is 5. The molecule has 0 spiro atoms. The number of rotatable bonds is 3. The third-order valence-corrected chi connectivity index (χ3v) is 6.09. The van der Waals surface area contributed by atoms with Gasteiger partial charge in [-0.05, 0) is 61.4 Å². The van der Waals surface area contributed by atoms with Crippen molar-refractivity contribution in [2.24, 2.45) is 0 Å². The number of aryl methyl sites for hydroxylation is 2. The van der Waals surface area contributed by atoms with Gasteiger partial charge in [0.1, 0.15) is 5.75 Å². The molecule has 0 unspecified atom stereocenters. The fourth-order valence-corrected chi connectivity index (χ4v) is 4.24. The minimum atomic E-state index is -3.90. The summed E-state index contributed by atoms with van der Waals surface area (Å²) in [6.45, 7) is 3.71. The number of ether oxygens (including phenoxy) is 1. The number of benzene rings is 2. The Hall–Kier alpha value is -3.39. The molecule has 0 radical (unpaired) electrons. The highest BCUT2D eigenvalue weighted by Crippen LogP contribution is 2.37. The van der Waals surface area contributed by atoms with Crippen LogP contribution < -0.4 is 14.4 Å². The van der Waals surface area contributed by atoms with E-state index in [1.165, 1.54) is 23.1 Å². The van der Waals surface area contributed by atoms with E-state index in [2.05, 4.69) is 9.71 Å². The van der Waals surface area contributed by atoms with Crippen LogP contribution in [0.2, 0.25) is 0 Å². The highest BCUT2D eigenvalue weighted by atomic mass is 32.2. The fraction of sp³-hybridized carbons (Fsp3) is 0.143. The summed E-state index contributed by atoms with van der Waals surface area (Å²) < 4.78 is 34.3. The van der Waals surface area contributed by atoms with E-state index in [1.807, 2.05) is 26.0 Å². The smallest absolute Gasteiger partial charge is 0.263 e. The van der Waals surface area contributed by atoms with Crippen molar-refractivity contribution < 1.29 is 17.9 Å². The average molecular weight is 409 g/mol. The molecule has 1 aliphatic heterocycles. The van der Waals surface area contributed by atoms with Gasteiger partial charge >= 0.3 is 0 Å². The van der Waals surface area contributed by atoms with Crippen LogP contribution in [0.3, 0.4) is 0 Å². The predicted molar refractivity (Wildman–Crippen MR) is 110 cm³/mol. The van der Waals surface area contributed by atoms with Crippen molar-refractivity contribution in [3.05, 3.63) is 71.4 Å². The summed E-state index contributed by atoms with van der Waals surface area (Å²) >= 11 is 0. The van der Waals surface area contributed by atoms with E-state index in [0.29, 0.717) is 17.3 Å². The molecule has 1 amide bonds. The highest BCUT2D eigenvalue weighted by molar-refractivity contribution is 7.92. The van der Waals surface area contributed by atoms with Crippen molar-refractivity contribution in [1.82, 2.24) is 4.98 Å². The van der Waals surface area contributed by atoms with Crippen LogP contribution in [0.5, 0.6) is 11.5 Å². The Morgan fingerprint density at radius 2 is 1.83 bits per heavy atom. The van der Waals surface area contributed by atoms with Crippen LogP contribution in [0, 0.1) is 13.8 Å². The van der Waals surface area contributed by atoms with E-state index in [1.54, 1.807) is 31.4 Å². The lowest BCUT2D eigenvalue weighted by Crippen LogP contribution is -2.26. The van der Waals surface area contributed by atoms with Gasteiger partial charge in [-0.15, -0.1) is 0 Å². The van der Waals surface area contributed by atoms with Crippen LogP contribution in [0.4, 0.5) is 11.5 Å². The molecular formula is C21H19N3O4S. The molecular weight excluding hydrogens is 390 g/mol. The van der Waals surface area contributed by atoms with Gasteiger partial charge < -0.3 is 4.74 Å². The van der Waals surface area contributed by atoms with E-state index in [0.717, 1.165) is 11.1 Å². The first-order valence-electron chi connectivity index (χ1n) is 8.91. The van der Waals surface area contributed by atoms with Crippen molar-refractivity contribution in [2.75, 3.05) is 16.7 Å². The number of fused-ring (bicyclic) bond motifs is 2. The highest BCUT2D eigenvalue weighted by Gasteiger charge is 2.28. The van der Waals surface area contributed by atoms with Gasteiger partial charge in [-0.3, -0.25) is 14.4 Å². The molecule has 8 heteroatoms. The molecule has 0 saturated carbocycles. The number of carbonyl (C=O) groups is 1. The van der Waals surface area contributed by atoms with Crippen LogP contribution in [0.25, 0.3) is 0 Å². The number of amides is 1. The monoisotopic (exact) mass is 409 g/mol. The normalized spacial score (nSPS) is 13.2. The minimum absolute atomic E-state index is 0.0265. The van der Waals surface area contributed by atoms with Gasteiger partial charge in [0.15, 0.2) is 11.6 Å². The lowest BCUT2D eigenvalue weighted by molar-refractivity contribution is 0.0992. The van der Waals surface area contributed by atoms with Gasteiger partial charge in [-0.2, -0.15) is 0 Å². The molecule has 2 aromatic carbocycles. The Bertz CT molecular complexity index is 1240.